The molecule has 0 radical (unpaired) electrons. The SMILES string of the molecule is CC(C)(C)OC(=O)N1C[C@H](N)[C@@H](N2CCC(Cc3ccc(Cl)cc3)CC2)C1. The summed E-state index contributed by atoms with van der Waals surface area (Å²) in [6.07, 6.45) is 3.18. The number of hydrogen-bond donors (Lipinski definition) is 1. The summed E-state index contributed by atoms with van der Waals surface area (Å²) in [6.45, 7) is 9.00. The van der Waals surface area contributed by atoms with E-state index in [4.69, 9.17) is 22.1 Å². The normalized spacial score (nSPS) is 25.0. The lowest BCUT2D eigenvalue weighted by atomic mass is 9.89. The standard InChI is InChI=1S/C21H32ClN3O2/c1-21(2,3)27-20(26)25-13-18(23)19(14-25)24-10-8-16(9-11-24)12-15-4-6-17(22)7-5-15/h4-7,16,18-19H,8-14,23H2,1-3H3/t18-,19-/m0/s1. The van der Waals surface area contributed by atoms with Gasteiger partial charge >= 0.3 is 6.09 Å². The molecule has 6 heteroatoms. The molecular formula is C21H32ClN3O2. The van der Waals surface area contributed by atoms with Crippen molar-refractivity contribution in [3.8, 4) is 0 Å². The molecule has 0 bridgehead atoms. The Hall–Kier alpha value is -1.30. The maximum absolute atomic E-state index is 12.3. The van der Waals surface area contributed by atoms with Crippen LogP contribution in [0.3, 0.4) is 0 Å². The van der Waals surface area contributed by atoms with Gasteiger partial charge in [-0.3, -0.25) is 4.90 Å². The molecule has 5 nitrogen and oxygen atoms in total. The summed E-state index contributed by atoms with van der Waals surface area (Å²) in [6, 6.07) is 8.41. The quantitative estimate of drug-likeness (QED) is 0.853. The first-order valence-corrected chi connectivity index (χ1v) is 10.3. The number of hydrogen-bond acceptors (Lipinski definition) is 4. The van der Waals surface area contributed by atoms with Gasteiger partial charge in [-0.15, -0.1) is 0 Å². The number of nitrogens with zero attached hydrogens (tertiary/aromatic N) is 2. The number of halogens is 1. The monoisotopic (exact) mass is 393 g/mol. The van der Waals surface area contributed by atoms with Crippen LogP contribution >= 0.6 is 11.6 Å². The molecule has 2 saturated heterocycles. The maximum atomic E-state index is 12.3. The second-order valence-electron chi connectivity index (χ2n) is 8.93. The molecule has 2 atom stereocenters. The molecule has 2 fully saturated rings. The van der Waals surface area contributed by atoms with Crippen LogP contribution in [0.1, 0.15) is 39.2 Å². The molecule has 2 heterocycles. The molecule has 2 N–H and O–H groups in total. The smallest absolute Gasteiger partial charge is 0.410 e. The van der Waals surface area contributed by atoms with Crippen molar-refractivity contribution in [3.63, 3.8) is 0 Å². The summed E-state index contributed by atoms with van der Waals surface area (Å²) in [7, 11) is 0. The third-order valence-electron chi connectivity index (χ3n) is 5.54. The number of benzene rings is 1. The Labute approximate surface area is 167 Å². The van der Waals surface area contributed by atoms with Crippen LogP contribution in [-0.2, 0) is 11.2 Å². The first-order valence-electron chi connectivity index (χ1n) is 9.93. The van der Waals surface area contributed by atoms with E-state index >= 15 is 0 Å². The van der Waals surface area contributed by atoms with Crippen LogP contribution in [0.4, 0.5) is 4.79 Å². The lowest BCUT2D eigenvalue weighted by molar-refractivity contribution is 0.0274. The second kappa shape index (κ2) is 8.38. The fourth-order valence-electron chi connectivity index (χ4n) is 4.12. The highest BCUT2D eigenvalue weighted by atomic mass is 35.5. The summed E-state index contributed by atoms with van der Waals surface area (Å²) >= 11 is 5.97. The van der Waals surface area contributed by atoms with Gasteiger partial charge in [0.15, 0.2) is 0 Å². The third kappa shape index (κ3) is 5.59. The molecule has 2 aliphatic heterocycles. The van der Waals surface area contributed by atoms with Crippen LogP contribution in [0.5, 0.6) is 0 Å². The zero-order valence-electron chi connectivity index (χ0n) is 16.7. The van der Waals surface area contributed by atoms with Gasteiger partial charge in [0.25, 0.3) is 0 Å². The molecule has 0 aromatic heterocycles. The lowest BCUT2D eigenvalue weighted by Gasteiger charge is -2.37. The van der Waals surface area contributed by atoms with Gasteiger partial charge in [0.1, 0.15) is 5.60 Å². The molecule has 0 saturated carbocycles. The minimum absolute atomic E-state index is 0.00895. The summed E-state index contributed by atoms with van der Waals surface area (Å²) in [5.74, 6) is 0.696. The van der Waals surface area contributed by atoms with Gasteiger partial charge in [0, 0.05) is 30.2 Å². The molecule has 1 aromatic rings. The summed E-state index contributed by atoms with van der Waals surface area (Å²) < 4.78 is 5.50. The lowest BCUT2D eigenvalue weighted by Crippen LogP contribution is -2.50. The van der Waals surface area contributed by atoms with Crippen molar-refractivity contribution in [2.45, 2.75) is 57.7 Å². The van der Waals surface area contributed by atoms with Crippen molar-refractivity contribution >= 4 is 17.7 Å². The fraction of sp³-hybridized carbons (Fsp3) is 0.667. The average molecular weight is 394 g/mol. The Morgan fingerprint density at radius 1 is 1.19 bits per heavy atom. The number of rotatable bonds is 3. The van der Waals surface area contributed by atoms with Gasteiger partial charge < -0.3 is 15.4 Å². The second-order valence-corrected chi connectivity index (χ2v) is 9.36. The van der Waals surface area contributed by atoms with E-state index in [1.807, 2.05) is 32.9 Å². The topological polar surface area (TPSA) is 58.8 Å². The number of piperidine rings is 1. The predicted molar refractivity (Wildman–Crippen MR) is 109 cm³/mol. The van der Waals surface area contributed by atoms with Gasteiger partial charge in [-0.05, 0) is 76.7 Å². The molecular weight excluding hydrogens is 362 g/mol. The van der Waals surface area contributed by atoms with Crippen molar-refractivity contribution < 1.29 is 9.53 Å². The molecule has 0 spiro atoms. The minimum Gasteiger partial charge on any atom is -0.444 e. The van der Waals surface area contributed by atoms with Crippen LogP contribution in [-0.4, -0.2) is 59.8 Å². The number of likely N-dealkylation sites (tertiary alicyclic amines) is 2. The van der Waals surface area contributed by atoms with Gasteiger partial charge in [0.2, 0.25) is 0 Å². The van der Waals surface area contributed by atoms with E-state index in [2.05, 4.69) is 17.0 Å². The Bertz CT molecular complexity index is 636. The van der Waals surface area contributed by atoms with Gasteiger partial charge in [-0.25, -0.2) is 4.79 Å². The van der Waals surface area contributed by atoms with E-state index in [0.717, 1.165) is 37.4 Å². The van der Waals surface area contributed by atoms with Crippen LogP contribution in [0.25, 0.3) is 0 Å². The molecule has 0 aliphatic carbocycles. The van der Waals surface area contributed by atoms with Crippen molar-refractivity contribution in [2.75, 3.05) is 26.2 Å². The molecule has 27 heavy (non-hydrogen) atoms. The highest BCUT2D eigenvalue weighted by molar-refractivity contribution is 6.30. The van der Waals surface area contributed by atoms with Crippen molar-refractivity contribution in [1.29, 1.82) is 0 Å². The summed E-state index contributed by atoms with van der Waals surface area (Å²) in [5, 5.41) is 0.790. The van der Waals surface area contributed by atoms with E-state index < -0.39 is 5.60 Å². The van der Waals surface area contributed by atoms with E-state index in [1.165, 1.54) is 5.56 Å². The maximum Gasteiger partial charge on any atom is 0.410 e. The molecule has 1 aromatic carbocycles. The number of amides is 1. The molecule has 0 unspecified atom stereocenters. The Morgan fingerprint density at radius 2 is 1.81 bits per heavy atom. The third-order valence-corrected chi connectivity index (χ3v) is 5.79. The van der Waals surface area contributed by atoms with E-state index in [1.54, 1.807) is 4.90 Å². The minimum atomic E-state index is -0.473. The Kier molecular flexibility index (Phi) is 6.34. The van der Waals surface area contributed by atoms with Gasteiger partial charge in [-0.1, -0.05) is 23.7 Å². The largest absolute Gasteiger partial charge is 0.444 e. The van der Waals surface area contributed by atoms with Gasteiger partial charge in [-0.2, -0.15) is 0 Å². The number of nitrogens with two attached hydrogens (primary N) is 1. The van der Waals surface area contributed by atoms with Crippen LogP contribution in [0.2, 0.25) is 5.02 Å². The van der Waals surface area contributed by atoms with Crippen LogP contribution < -0.4 is 5.73 Å². The number of ether oxygens (including phenoxy) is 1. The molecule has 150 valence electrons. The van der Waals surface area contributed by atoms with Crippen LogP contribution in [0, 0.1) is 5.92 Å². The Balaban J connectivity index is 1.49. The zero-order chi connectivity index (χ0) is 19.6. The summed E-state index contributed by atoms with van der Waals surface area (Å²) in [4.78, 5) is 16.6. The van der Waals surface area contributed by atoms with E-state index in [9.17, 15) is 4.79 Å². The fourth-order valence-corrected chi connectivity index (χ4v) is 4.24. The average Bonchev–Trinajstić information content (AvgIpc) is 2.98. The molecule has 2 aliphatic rings. The number of carbonyl (C=O) groups is 1. The predicted octanol–water partition coefficient (Wildman–Crippen LogP) is 3.54. The van der Waals surface area contributed by atoms with Gasteiger partial charge in [0.05, 0.1) is 0 Å². The van der Waals surface area contributed by atoms with Crippen molar-refractivity contribution in [3.05, 3.63) is 34.9 Å². The van der Waals surface area contributed by atoms with Crippen molar-refractivity contribution in [2.24, 2.45) is 11.7 Å². The highest BCUT2D eigenvalue weighted by Crippen LogP contribution is 2.26. The van der Waals surface area contributed by atoms with Crippen LogP contribution in [0.15, 0.2) is 24.3 Å². The first kappa shape index (κ1) is 20.4. The first-order chi connectivity index (χ1) is 12.7. The van der Waals surface area contributed by atoms with Crippen molar-refractivity contribution in [1.82, 2.24) is 9.80 Å². The zero-order valence-corrected chi connectivity index (χ0v) is 17.4. The number of carbonyl (C=O) groups excluding carboxylic acids is 1. The molecule has 3 rings (SSSR count). The Morgan fingerprint density at radius 3 is 2.41 bits per heavy atom. The molecule has 1 amide bonds. The van der Waals surface area contributed by atoms with E-state index in [0.29, 0.717) is 19.0 Å². The van der Waals surface area contributed by atoms with E-state index in [-0.39, 0.29) is 18.2 Å². The summed E-state index contributed by atoms with van der Waals surface area (Å²) in [5.41, 5.74) is 7.25. The highest BCUT2D eigenvalue weighted by Gasteiger charge is 2.39.